The van der Waals surface area contributed by atoms with Crippen molar-refractivity contribution in [1.29, 1.82) is 0 Å². The van der Waals surface area contributed by atoms with Gasteiger partial charge in [-0.25, -0.2) is 0 Å². The lowest BCUT2D eigenvalue weighted by Gasteiger charge is -2.15. The Morgan fingerprint density at radius 1 is 1.47 bits per heavy atom. The molecule has 19 heavy (non-hydrogen) atoms. The van der Waals surface area contributed by atoms with Crippen LogP contribution in [0.3, 0.4) is 0 Å². The first-order chi connectivity index (χ1) is 9.06. The number of carbonyl (C=O) groups excluding carboxylic acids is 1. The van der Waals surface area contributed by atoms with Crippen LogP contribution in [-0.4, -0.2) is 35.0 Å². The van der Waals surface area contributed by atoms with Gasteiger partial charge in [0.05, 0.1) is 5.92 Å². The maximum absolute atomic E-state index is 11.6. The highest BCUT2D eigenvalue weighted by atomic mass is 16.4. The van der Waals surface area contributed by atoms with Crippen molar-refractivity contribution in [1.82, 2.24) is 4.90 Å². The van der Waals surface area contributed by atoms with E-state index in [9.17, 15) is 9.59 Å². The fourth-order valence-corrected chi connectivity index (χ4v) is 2.50. The van der Waals surface area contributed by atoms with Gasteiger partial charge in [-0.15, -0.1) is 0 Å². The van der Waals surface area contributed by atoms with Crippen LogP contribution in [0.25, 0.3) is 0 Å². The number of benzene rings is 1. The quantitative estimate of drug-likeness (QED) is 0.880. The fourth-order valence-electron chi connectivity index (χ4n) is 2.50. The van der Waals surface area contributed by atoms with Crippen molar-refractivity contribution >= 4 is 11.9 Å². The van der Waals surface area contributed by atoms with E-state index in [1.54, 1.807) is 4.90 Å². The Morgan fingerprint density at radius 3 is 2.89 bits per heavy atom. The molecular formula is C15H19NO3. The lowest BCUT2D eigenvalue weighted by molar-refractivity contribution is -0.141. The molecule has 0 saturated carbocycles. The standard InChI is InChI=1S/C15H19NO3/c1-11-4-2-5-12(8-11)6-3-7-16-10-13(15(18)19)9-14(16)17/h2,4-5,8,13H,3,6-7,9-10H2,1H3,(H,18,19). The number of carboxylic acid groups (broad SMARTS) is 1. The zero-order valence-corrected chi connectivity index (χ0v) is 11.1. The normalized spacial score (nSPS) is 18.9. The summed E-state index contributed by atoms with van der Waals surface area (Å²) in [5, 5.41) is 8.90. The number of rotatable bonds is 5. The van der Waals surface area contributed by atoms with E-state index in [0.717, 1.165) is 12.8 Å². The zero-order chi connectivity index (χ0) is 13.8. The molecule has 1 heterocycles. The largest absolute Gasteiger partial charge is 0.481 e. The minimum Gasteiger partial charge on any atom is -0.481 e. The predicted molar refractivity (Wildman–Crippen MR) is 71.8 cm³/mol. The second-order valence-electron chi connectivity index (χ2n) is 5.17. The van der Waals surface area contributed by atoms with E-state index in [-0.39, 0.29) is 12.3 Å². The molecule has 0 spiro atoms. The zero-order valence-electron chi connectivity index (χ0n) is 11.1. The topological polar surface area (TPSA) is 57.6 Å². The van der Waals surface area contributed by atoms with Gasteiger partial charge in [0.2, 0.25) is 5.91 Å². The number of aryl methyl sites for hydroxylation is 2. The van der Waals surface area contributed by atoms with Crippen LogP contribution < -0.4 is 0 Å². The van der Waals surface area contributed by atoms with Crippen LogP contribution in [0.2, 0.25) is 0 Å². The molecule has 2 rings (SSSR count). The third-order valence-electron chi connectivity index (χ3n) is 3.54. The lowest BCUT2D eigenvalue weighted by atomic mass is 10.1. The van der Waals surface area contributed by atoms with Gasteiger partial charge in [0.1, 0.15) is 0 Å². The third kappa shape index (κ3) is 3.56. The summed E-state index contributed by atoms with van der Waals surface area (Å²) in [6, 6.07) is 8.32. The van der Waals surface area contributed by atoms with Crippen LogP contribution in [0.15, 0.2) is 24.3 Å². The van der Waals surface area contributed by atoms with Gasteiger partial charge in [0.15, 0.2) is 0 Å². The highest BCUT2D eigenvalue weighted by Gasteiger charge is 2.33. The Bertz CT molecular complexity index is 484. The Morgan fingerprint density at radius 2 is 2.26 bits per heavy atom. The van der Waals surface area contributed by atoms with E-state index in [0.29, 0.717) is 13.1 Å². The summed E-state index contributed by atoms with van der Waals surface area (Å²) in [4.78, 5) is 24.2. The number of carboxylic acids is 1. The van der Waals surface area contributed by atoms with Crippen molar-refractivity contribution < 1.29 is 14.7 Å². The van der Waals surface area contributed by atoms with Crippen molar-refractivity contribution in [3.63, 3.8) is 0 Å². The first-order valence-electron chi connectivity index (χ1n) is 6.62. The van der Waals surface area contributed by atoms with Gasteiger partial charge in [-0.1, -0.05) is 29.8 Å². The third-order valence-corrected chi connectivity index (χ3v) is 3.54. The first kappa shape index (κ1) is 13.6. The molecule has 4 nitrogen and oxygen atoms in total. The molecule has 1 aromatic carbocycles. The lowest BCUT2D eigenvalue weighted by Crippen LogP contribution is -2.27. The number of nitrogens with zero attached hydrogens (tertiary/aromatic N) is 1. The van der Waals surface area contributed by atoms with Crippen molar-refractivity contribution in [2.24, 2.45) is 5.92 Å². The van der Waals surface area contributed by atoms with Crippen LogP contribution in [0.4, 0.5) is 0 Å². The van der Waals surface area contributed by atoms with Gasteiger partial charge in [0, 0.05) is 19.5 Å². The number of amides is 1. The highest BCUT2D eigenvalue weighted by molar-refractivity contribution is 5.86. The molecule has 0 bridgehead atoms. The molecule has 102 valence electrons. The summed E-state index contributed by atoms with van der Waals surface area (Å²) >= 11 is 0. The second-order valence-corrected chi connectivity index (χ2v) is 5.17. The van der Waals surface area contributed by atoms with Gasteiger partial charge in [-0.05, 0) is 25.3 Å². The summed E-state index contributed by atoms with van der Waals surface area (Å²) in [7, 11) is 0. The molecule has 1 fully saturated rings. The number of hydrogen-bond acceptors (Lipinski definition) is 2. The number of likely N-dealkylation sites (tertiary alicyclic amines) is 1. The van der Waals surface area contributed by atoms with Gasteiger partial charge in [-0.3, -0.25) is 9.59 Å². The van der Waals surface area contributed by atoms with Crippen molar-refractivity contribution in [2.75, 3.05) is 13.1 Å². The van der Waals surface area contributed by atoms with Crippen LogP contribution in [0.5, 0.6) is 0 Å². The summed E-state index contributed by atoms with van der Waals surface area (Å²) in [5.74, 6) is -1.42. The van der Waals surface area contributed by atoms with Crippen molar-refractivity contribution in [3.8, 4) is 0 Å². The molecule has 1 aliphatic heterocycles. The molecule has 0 radical (unpaired) electrons. The molecule has 4 heteroatoms. The summed E-state index contributed by atoms with van der Waals surface area (Å²) in [6.45, 7) is 3.07. The Labute approximate surface area is 113 Å². The number of hydrogen-bond donors (Lipinski definition) is 1. The Hall–Kier alpha value is -1.84. The maximum Gasteiger partial charge on any atom is 0.308 e. The summed E-state index contributed by atoms with van der Waals surface area (Å²) in [6.07, 6.45) is 1.95. The van der Waals surface area contributed by atoms with E-state index < -0.39 is 11.9 Å². The molecule has 1 aromatic rings. The van der Waals surface area contributed by atoms with Crippen LogP contribution in [-0.2, 0) is 16.0 Å². The van der Waals surface area contributed by atoms with Crippen molar-refractivity contribution in [2.45, 2.75) is 26.2 Å². The SMILES string of the molecule is Cc1cccc(CCCN2CC(C(=O)O)CC2=O)c1. The summed E-state index contributed by atoms with van der Waals surface area (Å²) < 4.78 is 0. The molecule has 0 aromatic heterocycles. The van der Waals surface area contributed by atoms with E-state index in [1.807, 2.05) is 6.07 Å². The molecule has 1 unspecified atom stereocenters. The Balaban J connectivity index is 1.80. The van der Waals surface area contributed by atoms with Gasteiger partial charge in [-0.2, -0.15) is 0 Å². The maximum atomic E-state index is 11.6. The van der Waals surface area contributed by atoms with Crippen molar-refractivity contribution in [3.05, 3.63) is 35.4 Å². The van der Waals surface area contributed by atoms with E-state index in [1.165, 1.54) is 11.1 Å². The second kappa shape index (κ2) is 5.87. The van der Waals surface area contributed by atoms with Crippen LogP contribution >= 0.6 is 0 Å². The predicted octanol–water partition coefficient (Wildman–Crippen LogP) is 1.86. The molecule has 1 amide bonds. The molecule has 0 aliphatic carbocycles. The van der Waals surface area contributed by atoms with Crippen LogP contribution in [0.1, 0.15) is 24.0 Å². The number of carbonyl (C=O) groups is 2. The Kier molecular flexibility index (Phi) is 4.20. The van der Waals surface area contributed by atoms with Gasteiger partial charge < -0.3 is 10.0 Å². The average Bonchev–Trinajstić information content (AvgIpc) is 2.71. The highest BCUT2D eigenvalue weighted by Crippen LogP contribution is 2.18. The minimum absolute atomic E-state index is 0.0309. The van der Waals surface area contributed by atoms with E-state index >= 15 is 0 Å². The van der Waals surface area contributed by atoms with E-state index in [4.69, 9.17) is 5.11 Å². The average molecular weight is 261 g/mol. The minimum atomic E-state index is -0.866. The monoisotopic (exact) mass is 261 g/mol. The molecule has 1 aliphatic rings. The summed E-state index contributed by atoms with van der Waals surface area (Å²) in [5.41, 5.74) is 2.50. The molecule has 1 N–H and O–H groups in total. The van der Waals surface area contributed by atoms with Crippen LogP contribution in [0, 0.1) is 12.8 Å². The first-order valence-corrected chi connectivity index (χ1v) is 6.62. The smallest absolute Gasteiger partial charge is 0.308 e. The van der Waals surface area contributed by atoms with E-state index in [2.05, 4.69) is 25.1 Å². The van der Waals surface area contributed by atoms with Gasteiger partial charge >= 0.3 is 5.97 Å². The molecule has 1 saturated heterocycles. The molecular weight excluding hydrogens is 242 g/mol. The van der Waals surface area contributed by atoms with Gasteiger partial charge in [0.25, 0.3) is 0 Å². The molecule has 1 atom stereocenters. The number of aliphatic carboxylic acids is 1. The fraction of sp³-hybridized carbons (Fsp3) is 0.467.